The maximum Gasteiger partial charge on any atom is 0.0794 e. The van der Waals surface area contributed by atoms with Crippen LogP contribution in [0, 0.1) is 5.92 Å². The van der Waals surface area contributed by atoms with Gasteiger partial charge in [0.1, 0.15) is 0 Å². The van der Waals surface area contributed by atoms with Gasteiger partial charge >= 0.3 is 0 Å². The van der Waals surface area contributed by atoms with Gasteiger partial charge in [-0.1, -0.05) is 23.7 Å². The number of nitrogens with one attached hydrogen (secondary N) is 1. The second-order valence-corrected chi connectivity index (χ2v) is 6.72. The molecule has 1 N–H and O–H groups in total. The second-order valence-electron chi connectivity index (χ2n) is 5.57. The molecule has 20 heavy (non-hydrogen) atoms. The van der Waals surface area contributed by atoms with Gasteiger partial charge in [-0.2, -0.15) is 0 Å². The SMILES string of the molecule is Clc1cccc(CC(CNC2CC2)Cc2cscn2)c1. The standard InChI is InChI=1S/C16H19ClN2S/c17-14-3-1-2-12(7-14)6-13(9-18-15-4-5-15)8-16-10-20-11-19-16/h1-3,7,10-11,13,15,18H,4-6,8-9H2. The Morgan fingerprint density at radius 1 is 1.35 bits per heavy atom. The van der Waals surface area contributed by atoms with Crippen molar-refractivity contribution in [3.63, 3.8) is 0 Å². The Bertz CT molecular complexity index is 537. The fourth-order valence-corrected chi connectivity index (χ4v) is 3.25. The number of nitrogens with zero attached hydrogens (tertiary/aromatic N) is 1. The van der Waals surface area contributed by atoms with Crippen molar-refractivity contribution in [2.24, 2.45) is 5.92 Å². The number of hydrogen-bond donors (Lipinski definition) is 1. The third-order valence-electron chi connectivity index (χ3n) is 3.67. The van der Waals surface area contributed by atoms with E-state index in [0.717, 1.165) is 30.5 Å². The van der Waals surface area contributed by atoms with Gasteiger partial charge in [0, 0.05) is 16.4 Å². The zero-order valence-corrected chi connectivity index (χ0v) is 13.0. The molecule has 0 radical (unpaired) electrons. The van der Waals surface area contributed by atoms with Crippen LogP contribution in [0.2, 0.25) is 5.02 Å². The number of rotatable bonds is 7. The Morgan fingerprint density at radius 2 is 2.25 bits per heavy atom. The molecule has 0 amide bonds. The summed E-state index contributed by atoms with van der Waals surface area (Å²) in [5, 5.41) is 6.63. The van der Waals surface area contributed by atoms with Crippen molar-refractivity contribution < 1.29 is 0 Å². The predicted molar refractivity (Wildman–Crippen MR) is 85.5 cm³/mol. The van der Waals surface area contributed by atoms with E-state index in [0.29, 0.717) is 5.92 Å². The number of benzene rings is 1. The van der Waals surface area contributed by atoms with Crippen molar-refractivity contribution in [3.8, 4) is 0 Å². The third kappa shape index (κ3) is 4.30. The Morgan fingerprint density at radius 3 is 2.95 bits per heavy atom. The minimum Gasteiger partial charge on any atom is -0.314 e. The van der Waals surface area contributed by atoms with Gasteiger partial charge in [0.2, 0.25) is 0 Å². The molecule has 1 aromatic carbocycles. The molecule has 1 unspecified atom stereocenters. The van der Waals surface area contributed by atoms with Crippen LogP contribution in [-0.4, -0.2) is 17.6 Å². The van der Waals surface area contributed by atoms with Crippen LogP contribution in [-0.2, 0) is 12.8 Å². The Kier molecular flexibility index (Phi) is 4.71. The molecule has 2 nitrogen and oxygen atoms in total. The van der Waals surface area contributed by atoms with Gasteiger partial charge < -0.3 is 5.32 Å². The lowest BCUT2D eigenvalue weighted by molar-refractivity contribution is 0.465. The number of thiazole rings is 1. The van der Waals surface area contributed by atoms with Crippen LogP contribution in [0.15, 0.2) is 35.2 Å². The van der Waals surface area contributed by atoms with Crippen molar-refractivity contribution >= 4 is 22.9 Å². The number of aromatic nitrogens is 1. The molecule has 0 aliphatic heterocycles. The molecular weight excluding hydrogens is 288 g/mol. The van der Waals surface area contributed by atoms with Crippen LogP contribution >= 0.6 is 22.9 Å². The van der Waals surface area contributed by atoms with Crippen LogP contribution in [0.1, 0.15) is 24.1 Å². The summed E-state index contributed by atoms with van der Waals surface area (Å²) in [6, 6.07) is 8.96. The third-order valence-corrected chi connectivity index (χ3v) is 4.54. The van der Waals surface area contributed by atoms with Gasteiger partial charge in [-0.3, -0.25) is 0 Å². The Balaban J connectivity index is 1.63. The first kappa shape index (κ1) is 14.1. The quantitative estimate of drug-likeness (QED) is 0.838. The molecule has 3 rings (SSSR count). The number of halogens is 1. The topological polar surface area (TPSA) is 24.9 Å². The lowest BCUT2D eigenvalue weighted by Crippen LogP contribution is -2.27. The number of hydrogen-bond acceptors (Lipinski definition) is 3. The summed E-state index contributed by atoms with van der Waals surface area (Å²) in [7, 11) is 0. The molecule has 1 saturated carbocycles. The molecule has 4 heteroatoms. The largest absolute Gasteiger partial charge is 0.314 e. The summed E-state index contributed by atoms with van der Waals surface area (Å²) in [4.78, 5) is 4.42. The Hall–Kier alpha value is -0.900. The highest BCUT2D eigenvalue weighted by Gasteiger charge is 2.22. The lowest BCUT2D eigenvalue weighted by Gasteiger charge is -2.17. The molecule has 0 spiro atoms. The fourth-order valence-electron chi connectivity index (χ4n) is 2.47. The van der Waals surface area contributed by atoms with Crippen molar-refractivity contribution in [2.45, 2.75) is 31.7 Å². The molecule has 0 bridgehead atoms. The minimum absolute atomic E-state index is 0.580. The molecule has 1 atom stereocenters. The van der Waals surface area contributed by atoms with E-state index in [4.69, 9.17) is 11.6 Å². The van der Waals surface area contributed by atoms with E-state index in [2.05, 4.69) is 27.8 Å². The Labute approximate surface area is 129 Å². The highest BCUT2D eigenvalue weighted by molar-refractivity contribution is 7.07. The normalized spacial score (nSPS) is 16.2. The van der Waals surface area contributed by atoms with Gasteiger partial charge in [0.25, 0.3) is 0 Å². The smallest absolute Gasteiger partial charge is 0.0794 e. The van der Waals surface area contributed by atoms with Gasteiger partial charge in [0.15, 0.2) is 0 Å². The van der Waals surface area contributed by atoms with Gasteiger partial charge in [-0.15, -0.1) is 11.3 Å². The van der Waals surface area contributed by atoms with E-state index in [-0.39, 0.29) is 0 Å². The molecule has 1 aliphatic rings. The summed E-state index contributed by atoms with van der Waals surface area (Å²) < 4.78 is 0. The first-order valence-electron chi connectivity index (χ1n) is 7.14. The minimum atomic E-state index is 0.580. The van der Waals surface area contributed by atoms with E-state index in [1.54, 1.807) is 11.3 Å². The highest BCUT2D eigenvalue weighted by atomic mass is 35.5. The van der Waals surface area contributed by atoms with Crippen LogP contribution in [0.5, 0.6) is 0 Å². The van der Waals surface area contributed by atoms with E-state index >= 15 is 0 Å². The molecular formula is C16H19ClN2S. The zero-order chi connectivity index (χ0) is 13.8. The summed E-state index contributed by atoms with van der Waals surface area (Å²) >= 11 is 7.76. The van der Waals surface area contributed by atoms with Crippen LogP contribution in [0.3, 0.4) is 0 Å². The molecule has 2 aromatic rings. The average molecular weight is 307 g/mol. The monoisotopic (exact) mass is 306 g/mol. The van der Waals surface area contributed by atoms with Crippen LogP contribution < -0.4 is 5.32 Å². The van der Waals surface area contributed by atoms with Crippen molar-refractivity contribution in [3.05, 3.63) is 51.4 Å². The molecule has 1 aromatic heterocycles. The first-order chi connectivity index (χ1) is 9.79. The zero-order valence-electron chi connectivity index (χ0n) is 11.4. The summed E-state index contributed by atoms with van der Waals surface area (Å²) in [6.07, 6.45) is 4.76. The first-order valence-corrected chi connectivity index (χ1v) is 8.46. The van der Waals surface area contributed by atoms with E-state index in [9.17, 15) is 0 Å². The highest BCUT2D eigenvalue weighted by Crippen LogP contribution is 2.21. The molecule has 106 valence electrons. The molecule has 1 aliphatic carbocycles. The summed E-state index contributed by atoms with van der Waals surface area (Å²) in [6.45, 7) is 1.06. The fraction of sp³-hybridized carbons (Fsp3) is 0.438. The van der Waals surface area contributed by atoms with Gasteiger partial charge in [-0.05, 0) is 55.8 Å². The van der Waals surface area contributed by atoms with Crippen molar-refractivity contribution in [1.82, 2.24) is 10.3 Å². The van der Waals surface area contributed by atoms with E-state index < -0.39 is 0 Å². The van der Waals surface area contributed by atoms with E-state index in [1.807, 2.05) is 17.6 Å². The maximum atomic E-state index is 6.08. The van der Waals surface area contributed by atoms with Crippen molar-refractivity contribution in [2.75, 3.05) is 6.54 Å². The van der Waals surface area contributed by atoms with Gasteiger partial charge in [0.05, 0.1) is 11.2 Å². The van der Waals surface area contributed by atoms with Crippen LogP contribution in [0.25, 0.3) is 0 Å². The van der Waals surface area contributed by atoms with Crippen LogP contribution in [0.4, 0.5) is 0 Å². The molecule has 1 heterocycles. The second kappa shape index (κ2) is 6.70. The molecule has 0 saturated heterocycles. The maximum absolute atomic E-state index is 6.08. The van der Waals surface area contributed by atoms with E-state index in [1.165, 1.54) is 24.1 Å². The summed E-state index contributed by atoms with van der Waals surface area (Å²) in [5.41, 5.74) is 4.44. The lowest BCUT2D eigenvalue weighted by atomic mass is 9.95. The average Bonchev–Trinajstić information content (AvgIpc) is 3.12. The van der Waals surface area contributed by atoms with Crippen molar-refractivity contribution in [1.29, 1.82) is 0 Å². The summed E-state index contributed by atoms with van der Waals surface area (Å²) in [5.74, 6) is 0.580. The predicted octanol–water partition coefficient (Wildman–Crippen LogP) is 3.95. The molecule has 1 fully saturated rings. The van der Waals surface area contributed by atoms with Gasteiger partial charge in [-0.25, -0.2) is 4.98 Å².